The molecule has 0 heterocycles. The zero-order valence-corrected chi connectivity index (χ0v) is 24.3. The minimum atomic E-state index is -5.89. The highest BCUT2D eigenvalue weighted by molar-refractivity contribution is 5.93. The summed E-state index contributed by atoms with van der Waals surface area (Å²) in [6.07, 6.45) is -2.95. The number of ketones is 1. The third-order valence-electron chi connectivity index (χ3n) is 10.6. The number of rotatable bonds is 5. The minimum absolute atomic E-state index is 0.0354. The van der Waals surface area contributed by atoms with Gasteiger partial charge < -0.3 is 15.7 Å². The molecule has 5 nitrogen and oxygen atoms in total. The first-order valence-electron chi connectivity index (χ1n) is 15.1. The number of allylic oxidation sites excluding steroid dienone is 4. The first-order chi connectivity index (χ1) is 20.7. The lowest BCUT2D eigenvalue weighted by Gasteiger charge is -2.56. The Balaban J connectivity index is 1.33. The van der Waals surface area contributed by atoms with Crippen LogP contribution in [0.4, 0.5) is 32.4 Å². The number of hydrogen-bond acceptors (Lipinski definition) is 3. The lowest BCUT2D eigenvalue weighted by molar-refractivity contribution is -0.362. The Hall–Kier alpha value is -3.53. The van der Waals surface area contributed by atoms with Crippen molar-refractivity contribution < 1.29 is 36.6 Å². The first kappa shape index (κ1) is 30.5. The maximum absolute atomic E-state index is 15.2. The van der Waals surface area contributed by atoms with E-state index in [1.54, 1.807) is 30.3 Å². The molecule has 0 bridgehead atoms. The summed E-state index contributed by atoms with van der Waals surface area (Å²) in [6.45, 7) is 1.63. The predicted octanol–water partition coefficient (Wildman–Crippen LogP) is 7.84. The van der Waals surface area contributed by atoms with Gasteiger partial charge in [0.25, 0.3) is 0 Å². The van der Waals surface area contributed by atoms with Crippen LogP contribution < -0.4 is 10.6 Å². The van der Waals surface area contributed by atoms with Gasteiger partial charge in [-0.15, -0.1) is 0 Å². The standard InChI is InChI=1S/C34H35F5N2O3/c1-31-18-27(21-9-7-20(8-10-21)19-40-30(43)41-23-5-3-2-4-6-23)29-25-14-12-24(42)17-22(25)11-13-26(29)28(31)15-16-32(31,44)33(35,36)34(37,38)39/h2-10,17,26-28,44H,11-16,18-19H2,1H3,(H2,40,41,43)/t26?,27-,28?,31+,32+/m1/s1. The van der Waals surface area contributed by atoms with Crippen LogP contribution in [-0.4, -0.2) is 34.6 Å². The van der Waals surface area contributed by atoms with E-state index < -0.39 is 41.4 Å². The minimum Gasteiger partial charge on any atom is -0.383 e. The molecule has 5 atom stereocenters. The topological polar surface area (TPSA) is 78.4 Å². The van der Waals surface area contributed by atoms with Crippen molar-refractivity contribution in [3.8, 4) is 0 Å². The molecule has 4 aliphatic rings. The van der Waals surface area contributed by atoms with Crippen LogP contribution in [0.25, 0.3) is 0 Å². The Bertz CT molecular complexity index is 1520. The molecule has 2 amide bonds. The first-order valence-corrected chi connectivity index (χ1v) is 15.1. The van der Waals surface area contributed by atoms with Crippen LogP contribution in [0.1, 0.15) is 68.9 Å². The third kappa shape index (κ3) is 4.86. The Morgan fingerprint density at radius 3 is 2.36 bits per heavy atom. The molecule has 0 radical (unpaired) electrons. The number of amides is 2. The Labute approximate surface area is 252 Å². The highest BCUT2D eigenvalue weighted by Crippen LogP contribution is 2.70. The van der Waals surface area contributed by atoms with Crippen LogP contribution in [0, 0.1) is 17.3 Å². The van der Waals surface area contributed by atoms with E-state index in [4.69, 9.17) is 0 Å². The van der Waals surface area contributed by atoms with Gasteiger partial charge in [0.1, 0.15) is 5.60 Å². The van der Waals surface area contributed by atoms with Gasteiger partial charge in [0.05, 0.1) is 0 Å². The smallest absolute Gasteiger partial charge is 0.383 e. The van der Waals surface area contributed by atoms with Gasteiger partial charge in [-0.05, 0) is 90.8 Å². The number of nitrogens with one attached hydrogen (secondary N) is 2. The summed E-state index contributed by atoms with van der Waals surface area (Å²) < 4.78 is 71.7. The predicted molar refractivity (Wildman–Crippen MR) is 155 cm³/mol. The van der Waals surface area contributed by atoms with Crippen LogP contribution in [-0.2, 0) is 11.3 Å². The lowest BCUT2D eigenvalue weighted by atomic mass is 9.50. The molecule has 2 aromatic carbocycles. The van der Waals surface area contributed by atoms with Crippen LogP contribution >= 0.6 is 0 Å². The molecule has 0 spiro atoms. The maximum atomic E-state index is 15.2. The molecule has 2 fully saturated rings. The van der Waals surface area contributed by atoms with Crippen molar-refractivity contribution >= 4 is 17.5 Å². The lowest BCUT2D eigenvalue weighted by Crippen LogP contribution is -2.65. The number of anilines is 1. The molecular weight excluding hydrogens is 579 g/mol. The van der Waals surface area contributed by atoms with Gasteiger partial charge in [-0.2, -0.15) is 22.0 Å². The van der Waals surface area contributed by atoms with Crippen LogP contribution in [0.5, 0.6) is 0 Å². The van der Waals surface area contributed by atoms with E-state index in [0.29, 0.717) is 31.4 Å². The normalized spacial score (nSPS) is 30.2. The fraction of sp³-hybridized carbons (Fsp3) is 0.471. The average Bonchev–Trinajstić information content (AvgIpc) is 3.27. The second kappa shape index (κ2) is 10.8. The van der Waals surface area contributed by atoms with E-state index in [-0.39, 0.29) is 37.1 Å². The van der Waals surface area contributed by atoms with E-state index in [0.717, 1.165) is 27.8 Å². The fourth-order valence-electron chi connectivity index (χ4n) is 8.46. The van der Waals surface area contributed by atoms with Gasteiger partial charge in [0.15, 0.2) is 5.78 Å². The molecule has 3 N–H and O–H groups in total. The Morgan fingerprint density at radius 2 is 1.68 bits per heavy atom. The fourth-order valence-corrected chi connectivity index (χ4v) is 8.46. The van der Waals surface area contributed by atoms with E-state index >= 15 is 8.78 Å². The van der Waals surface area contributed by atoms with Gasteiger partial charge in [0.2, 0.25) is 0 Å². The van der Waals surface area contributed by atoms with Crippen molar-refractivity contribution in [2.24, 2.45) is 17.3 Å². The molecule has 234 valence electrons. The van der Waals surface area contributed by atoms with Gasteiger partial charge in [-0.25, -0.2) is 4.79 Å². The monoisotopic (exact) mass is 614 g/mol. The van der Waals surface area contributed by atoms with Crippen molar-refractivity contribution in [2.45, 2.75) is 82.0 Å². The van der Waals surface area contributed by atoms with Crippen LogP contribution in [0.3, 0.4) is 0 Å². The van der Waals surface area contributed by atoms with E-state index in [1.807, 2.05) is 30.3 Å². The molecule has 0 saturated heterocycles. The maximum Gasteiger partial charge on any atom is 0.456 e. The summed E-state index contributed by atoms with van der Waals surface area (Å²) in [6, 6.07) is 15.8. The molecule has 0 aromatic heterocycles. The number of fused-ring (bicyclic) bond motifs is 4. The number of carbonyl (C=O) groups excluding carboxylic acids is 2. The molecule has 6 rings (SSSR count). The SMILES string of the molecule is C[C@]12C[C@H](c3ccc(CNC(=O)Nc4ccccc4)cc3)C3=C4CCC(=O)C=C4CCC3C1CC[C@@]2(O)C(F)(F)C(F)(F)F. The highest BCUT2D eigenvalue weighted by atomic mass is 19.4. The number of halogens is 5. The summed E-state index contributed by atoms with van der Waals surface area (Å²) in [5.74, 6) is -6.57. The van der Waals surface area contributed by atoms with Crippen molar-refractivity contribution in [2.75, 3.05) is 5.32 Å². The Kier molecular flexibility index (Phi) is 7.50. The number of urea groups is 1. The molecule has 2 saturated carbocycles. The number of alkyl halides is 5. The summed E-state index contributed by atoms with van der Waals surface area (Å²) in [7, 11) is 0. The molecule has 2 aromatic rings. The highest BCUT2D eigenvalue weighted by Gasteiger charge is 2.79. The van der Waals surface area contributed by atoms with E-state index in [2.05, 4.69) is 10.6 Å². The van der Waals surface area contributed by atoms with Crippen LogP contribution in [0.15, 0.2) is 77.4 Å². The van der Waals surface area contributed by atoms with Gasteiger partial charge in [-0.3, -0.25) is 4.79 Å². The second-order valence-electron chi connectivity index (χ2n) is 12.9. The molecular formula is C34H35F5N2O3. The van der Waals surface area contributed by atoms with Gasteiger partial charge in [-0.1, -0.05) is 55.0 Å². The largest absolute Gasteiger partial charge is 0.456 e. The Morgan fingerprint density at radius 1 is 0.977 bits per heavy atom. The summed E-state index contributed by atoms with van der Waals surface area (Å²) in [5.41, 5.74) is 0.192. The quantitative estimate of drug-likeness (QED) is 0.301. The van der Waals surface area contributed by atoms with Crippen molar-refractivity contribution in [3.05, 3.63) is 88.5 Å². The van der Waals surface area contributed by atoms with Crippen molar-refractivity contribution in [1.82, 2.24) is 5.32 Å². The van der Waals surface area contributed by atoms with Crippen LogP contribution in [0.2, 0.25) is 0 Å². The second-order valence-corrected chi connectivity index (χ2v) is 12.9. The van der Waals surface area contributed by atoms with Crippen molar-refractivity contribution in [1.29, 1.82) is 0 Å². The molecule has 44 heavy (non-hydrogen) atoms. The molecule has 2 unspecified atom stereocenters. The number of carbonyl (C=O) groups is 2. The van der Waals surface area contributed by atoms with Gasteiger partial charge >= 0.3 is 18.1 Å². The summed E-state index contributed by atoms with van der Waals surface area (Å²) >= 11 is 0. The number of hydrogen-bond donors (Lipinski definition) is 3. The van der Waals surface area contributed by atoms with Crippen molar-refractivity contribution in [3.63, 3.8) is 0 Å². The van der Waals surface area contributed by atoms with E-state index in [9.17, 15) is 27.9 Å². The number of aliphatic hydroxyl groups is 1. The third-order valence-corrected chi connectivity index (χ3v) is 10.6. The molecule has 4 aliphatic carbocycles. The molecule has 0 aliphatic heterocycles. The van der Waals surface area contributed by atoms with Gasteiger partial charge in [0, 0.05) is 30.0 Å². The zero-order chi connectivity index (χ0) is 31.5. The summed E-state index contributed by atoms with van der Waals surface area (Å²) in [4.78, 5) is 24.6. The average molecular weight is 615 g/mol. The zero-order valence-electron chi connectivity index (χ0n) is 24.3. The summed E-state index contributed by atoms with van der Waals surface area (Å²) in [5, 5.41) is 16.9. The number of para-hydroxylation sites is 1. The number of benzene rings is 2. The molecule has 10 heteroatoms. The van der Waals surface area contributed by atoms with E-state index in [1.165, 1.54) is 6.92 Å².